The quantitative estimate of drug-likeness (QED) is 0.530. The second-order valence-electron chi connectivity index (χ2n) is 7.07. The summed E-state index contributed by atoms with van der Waals surface area (Å²) in [6.45, 7) is 1.20. The number of amides is 1. The highest BCUT2D eigenvalue weighted by atomic mass is 19.4. The fraction of sp³-hybridized carbons (Fsp3) is 0.130. The van der Waals surface area contributed by atoms with Gasteiger partial charge in [0.05, 0.1) is 17.1 Å². The number of nitrogens with one attached hydrogen (secondary N) is 1. The van der Waals surface area contributed by atoms with Crippen LogP contribution in [0, 0.1) is 6.92 Å². The fourth-order valence-corrected chi connectivity index (χ4v) is 3.22. The van der Waals surface area contributed by atoms with E-state index in [0.717, 1.165) is 18.2 Å². The van der Waals surface area contributed by atoms with Gasteiger partial charge in [0.25, 0.3) is 5.91 Å². The number of benzene rings is 3. The lowest BCUT2D eigenvalue weighted by Gasteiger charge is -2.19. The number of hydrogen-bond donors (Lipinski definition) is 1. The highest BCUT2D eigenvalue weighted by Crippen LogP contribution is 2.41. The van der Waals surface area contributed by atoms with Crippen molar-refractivity contribution in [2.75, 3.05) is 5.32 Å². The second-order valence-corrected chi connectivity index (χ2v) is 7.07. The van der Waals surface area contributed by atoms with E-state index in [4.69, 9.17) is 0 Å². The Kier molecular flexibility index (Phi) is 6.22. The number of anilines is 1. The summed E-state index contributed by atoms with van der Waals surface area (Å²) in [4.78, 5) is 23.9. The Morgan fingerprint density at radius 1 is 0.818 bits per heavy atom. The molecule has 0 aliphatic carbocycles. The van der Waals surface area contributed by atoms with Crippen molar-refractivity contribution < 1.29 is 41.0 Å². The summed E-state index contributed by atoms with van der Waals surface area (Å²) in [6, 6.07) is 10.1. The summed E-state index contributed by atoms with van der Waals surface area (Å²) in [5.41, 5.74) is -3.60. The molecule has 4 nitrogen and oxygen atoms in total. The highest BCUT2D eigenvalue weighted by molar-refractivity contribution is 6.06. The third-order valence-corrected chi connectivity index (χ3v) is 4.83. The first-order chi connectivity index (χ1) is 15.3. The first-order valence-corrected chi connectivity index (χ1v) is 9.30. The molecule has 33 heavy (non-hydrogen) atoms. The molecule has 0 radical (unpaired) electrons. The van der Waals surface area contributed by atoms with E-state index in [0.29, 0.717) is 18.2 Å². The Bertz CT molecular complexity index is 1210. The van der Waals surface area contributed by atoms with Gasteiger partial charge in [0.15, 0.2) is 0 Å². The smallest absolute Gasteiger partial charge is 0.417 e. The van der Waals surface area contributed by atoms with Crippen LogP contribution in [0.5, 0.6) is 0 Å². The molecule has 0 atom stereocenters. The molecule has 3 aromatic rings. The van der Waals surface area contributed by atoms with E-state index < -0.39 is 46.5 Å². The van der Waals surface area contributed by atoms with Crippen molar-refractivity contribution in [3.63, 3.8) is 0 Å². The van der Waals surface area contributed by atoms with E-state index in [2.05, 4.69) is 5.32 Å². The van der Waals surface area contributed by atoms with Crippen molar-refractivity contribution in [3.8, 4) is 11.1 Å². The lowest BCUT2D eigenvalue weighted by Crippen LogP contribution is -2.24. The minimum absolute atomic E-state index is 0.0963. The third-order valence-electron chi connectivity index (χ3n) is 4.83. The van der Waals surface area contributed by atoms with Crippen LogP contribution in [0.25, 0.3) is 11.1 Å². The van der Waals surface area contributed by atoms with Crippen LogP contribution in [-0.4, -0.2) is 11.9 Å². The first-order valence-electron chi connectivity index (χ1n) is 9.30. The number of carbonyl (C=O) groups excluding carboxylic acids is 2. The maximum atomic E-state index is 13.7. The van der Waals surface area contributed by atoms with Gasteiger partial charge < -0.3 is 15.2 Å². The molecule has 0 fully saturated rings. The number of alkyl halides is 6. The number of aromatic carboxylic acids is 1. The maximum Gasteiger partial charge on any atom is 0.417 e. The topological polar surface area (TPSA) is 69.2 Å². The number of carboxylic acid groups (broad SMARTS) is 1. The third kappa shape index (κ3) is 5.16. The van der Waals surface area contributed by atoms with Crippen molar-refractivity contribution >= 4 is 17.6 Å². The van der Waals surface area contributed by atoms with Gasteiger partial charge >= 0.3 is 12.4 Å². The van der Waals surface area contributed by atoms with E-state index >= 15 is 0 Å². The van der Waals surface area contributed by atoms with Crippen molar-refractivity contribution in [1.29, 1.82) is 0 Å². The molecular weight excluding hydrogens is 452 g/mol. The Morgan fingerprint density at radius 3 is 1.97 bits per heavy atom. The average Bonchev–Trinajstić information content (AvgIpc) is 2.72. The molecule has 0 spiro atoms. The predicted molar refractivity (Wildman–Crippen MR) is 105 cm³/mol. The fourth-order valence-electron chi connectivity index (χ4n) is 3.22. The van der Waals surface area contributed by atoms with Gasteiger partial charge in [0, 0.05) is 22.4 Å². The molecular formula is C23H14F6NO3-. The summed E-state index contributed by atoms with van der Waals surface area (Å²) in [6.07, 6.45) is -9.44. The zero-order valence-electron chi connectivity index (χ0n) is 16.8. The molecule has 0 saturated heterocycles. The number of carbonyl (C=O) groups is 2. The number of aryl methyl sites for hydroxylation is 1. The summed E-state index contributed by atoms with van der Waals surface area (Å²) >= 11 is 0. The molecule has 0 aliphatic heterocycles. The van der Waals surface area contributed by atoms with E-state index in [-0.39, 0.29) is 22.4 Å². The van der Waals surface area contributed by atoms with Crippen LogP contribution < -0.4 is 10.4 Å². The lowest BCUT2D eigenvalue weighted by molar-refractivity contribution is -0.255. The molecule has 0 bridgehead atoms. The van der Waals surface area contributed by atoms with Crippen molar-refractivity contribution in [2.24, 2.45) is 0 Å². The van der Waals surface area contributed by atoms with Crippen LogP contribution in [0.15, 0.2) is 60.7 Å². The monoisotopic (exact) mass is 466 g/mol. The summed E-state index contributed by atoms with van der Waals surface area (Å²) in [7, 11) is 0. The average molecular weight is 466 g/mol. The Labute approximate surface area is 183 Å². The number of carboxylic acids is 1. The van der Waals surface area contributed by atoms with Gasteiger partial charge in [-0.2, -0.15) is 26.3 Å². The molecule has 3 rings (SSSR count). The SMILES string of the molecule is Cc1cc(C(F)(F)F)c(-c2ccccc2NC(=O)c2ccc(C(F)(F)F)cc2)cc1C(=O)[O-]. The molecule has 172 valence electrons. The van der Waals surface area contributed by atoms with Crippen molar-refractivity contribution in [1.82, 2.24) is 0 Å². The van der Waals surface area contributed by atoms with Gasteiger partial charge in [-0.05, 0) is 60.5 Å². The van der Waals surface area contributed by atoms with E-state index in [1.807, 2.05) is 0 Å². The molecule has 0 aromatic heterocycles. The van der Waals surface area contributed by atoms with E-state index in [1.165, 1.54) is 31.2 Å². The van der Waals surface area contributed by atoms with Crippen LogP contribution in [-0.2, 0) is 12.4 Å². The van der Waals surface area contributed by atoms with Crippen LogP contribution in [0.3, 0.4) is 0 Å². The molecule has 1 amide bonds. The Hall–Kier alpha value is -3.82. The zero-order chi connectivity index (χ0) is 24.6. The maximum absolute atomic E-state index is 13.7. The minimum Gasteiger partial charge on any atom is -0.545 e. The van der Waals surface area contributed by atoms with Crippen molar-refractivity contribution in [2.45, 2.75) is 19.3 Å². The lowest BCUT2D eigenvalue weighted by atomic mass is 9.92. The summed E-state index contributed by atoms with van der Waals surface area (Å²) in [5, 5.41) is 13.7. The summed E-state index contributed by atoms with van der Waals surface area (Å²) in [5.74, 6) is -2.54. The molecule has 10 heteroatoms. The van der Waals surface area contributed by atoms with Gasteiger partial charge in [0.1, 0.15) is 0 Å². The van der Waals surface area contributed by atoms with Gasteiger partial charge in [-0.1, -0.05) is 18.2 Å². The zero-order valence-corrected chi connectivity index (χ0v) is 16.8. The molecule has 3 aromatic carbocycles. The van der Waals surface area contributed by atoms with Gasteiger partial charge in [-0.25, -0.2) is 0 Å². The largest absolute Gasteiger partial charge is 0.545 e. The minimum atomic E-state index is -4.84. The van der Waals surface area contributed by atoms with E-state index in [1.54, 1.807) is 0 Å². The van der Waals surface area contributed by atoms with Crippen LogP contribution in [0.1, 0.15) is 37.4 Å². The molecule has 1 N–H and O–H groups in total. The number of hydrogen-bond acceptors (Lipinski definition) is 3. The van der Waals surface area contributed by atoms with Crippen LogP contribution >= 0.6 is 0 Å². The number of rotatable bonds is 4. The molecule has 0 unspecified atom stereocenters. The number of para-hydroxylation sites is 1. The van der Waals surface area contributed by atoms with Crippen LogP contribution in [0.2, 0.25) is 0 Å². The highest BCUT2D eigenvalue weighted by Gasteiger charge is 2.35. The predicted octanol–water partition coefficient (Wildman–Crippen LogP) is 5.32. The first kappa shape index (κ1) is 23.8. The standard InChI is InChI=1S/C23H15F6NO3/c1-12-10-18(23(27,28)29)17(11-16(12)21(32)33)15-4-2-3-5-19(15)30-20(31)13-6-8-14(9-7-13)22(24,25)26/h2-11H,1H3,(H,30,31)(H,32,33)/p-1. The van der Waals surface area contributed by atoms with Gasteiger partial charge in [-0.3, -0.25) is 4.79 Å². The normalized spacial score (nSPS) is 11.8. The summed E-state index contributed by atoms with van der Waals surface area (Å²) < 4.78 is 79.3. The second kappa shape index (κ2) is 8.61. The molecule has 0 aliphatic rings. The van der Waals surface area contributed by atoms with Gasteiger partial charge in [-0.15, -0.1) is 0 Å². The molecule has 0 heterocycles. The Morgan fingerprint density at radius 2 is 1.42 bits per heavy atom. The Balaban J connectivity index is 2.06. The van der Waals surface area contributed by atoms with Gasteiger partial charge in [0.2, 0.25) is 0 Å². The van der Waals surface area contributed by atoms with Crippen LogP contribution in [0.4, 0.5) is 32.0 Å². The van der Waals surface area contributed by atoms with E-state index in [9.17, 15) is 41.0 Å². The van der Waals surface area contributed by atoms with Crippen molar-refractivity contribution in [3.05, 3.63) is 88.5 Å². The number of halogens is 6. The molecule has 0 saturated carbocycles.